The molecule has 5 nitrogen and oxygen atoms in total. The fraction of sp³-hybridized carbons (Fsp3) is 0.118. The highest BCUT2D eigenvalue weighted by Gasteiger charge is 2.10. The van der Waals surface area contributed by atoms with Crippen LogP contribution in [0, 0.1) is 6.92 Å². The van der Waals surface area contributed by atoms with Crippen molar-refractivity contribution in [1.82, 2.24) is 10.2 Å². The fourth-order valence-corrected chi connectivity index (χ4v) is 2.71. The number of nitrogens with one attached hydrogen (secondary N) is 1. The number of aryl methyl sites for hydroxylation is 1. The summed E-state index contributed by atoms with van der Waals surface area (Å²) in [5.74, 6) is 0.355. The Kier molecular flexibility index (Phi) is 4.34. The predicted octanol–water partition coefficient (Wildman–Crippen LogP) is 3.77. The first-order valence-corrected chi connectivity index (χ1v) is 7.89. The molecule has 0 aliphatic carbocycles. The van der Waals surface area contributed by atoms with E-state index in [1.807, 2.05) is 42.6 Å². The molecule has 0 radical (unpaired) electrons. The number of nitrogens with zero attached hydrogens (tertiary/aromatic N) is 2. The van der Waals surface area contributed by atoms with Crippen LogP contribution in [0.3, 0.4) is 0 Å². The van der Waals surface area contributed by atoms with Crippen molar-refractivity contribution >= 4 is 22.9 Å². The Hall–Kier alpha value is -2.73. The number of carbonyl (C=O) groups is 1. The lowest BCUT2D eigenvalue weighted by atomic mass is 10.1. The molecule has 1 N–H and O–H groups in total. The van der Waals surface area contributed by atoms with Crippen molar-refractivity contribution in [2.24, 2.45) is 0 Å². The van der Waals surface area contributed by atoms with Gasteiger partial charge in [0, 0.05) is 17.3 Å². The molecule has 0 saturated heterocycles. The number of amides is 1. The second-order valence-corrected chi connectivity index (χ2v) is 5.87. The van der Waals surface area contributed by atoms with Gasteiger partial charge < -0.3 is 10.1 Å². The van der Waals surface area contributed by atoms with Crippen LogP contribution < -0.4 is 10.1 Å². The molecule has 0 atom stereocenters. The molecule has 2 aromatic heterocycles. The highest BCUT2D eigenvalue weighted by atomic mass is 32.1. The van der Waals surface area contributed by atoms with E-state index in [1.54, 1.807) is 19.2 Å². The summed E-state index contributed by atoms with van der Waals surface area (Å²) < 4.78 is 5.01. The third-order valence-corrected chi connectivity index (χ3v) is 4.24. The summed E-state index contributed by atoms with van der Waals surface area (Å²) >= 11 is 1.41. The highest BCUT2D eigenvalue weighted by molar-refractivity contribution is 7.12. The van der Waals surface area contributed by atoms with Gasteiger partial charge in [0.2, 0.25) is 5.88 Å². The maximum Gasteiger partial charge on any atom is 0.265 e. The van der Waals surface area contributed by atoms with E-state index in [1.165, 1.54) is 11.3 Å². The molecule has 6 heteroatoms. The molecule has 0 unspecified atom stereocenters. The second kappa shape index (κ2) is 6.58. The Balaban J connectivity index is 1.87. The number of hydrogen-bond donors (Lipinski definition) is 1. The van der Waals surface area contributed by atoms with Gasteiger partial charge in [0.1, 0.15) is 0 Å². The topological polar surface area (TPSA) is 64.1 Å². The molecule has 116 valence electrons. The molecule has 0 spiro atoms. The van der Waals surface area contributed by atoms with Crippen molar-refractivity contribution in [1.29, 1.82) is 0 Å². The minimum absolute atomic E-state index is 0.110. The van der Waals surface area contributed by atoms with Gasteiger partial charge in [0.15, 0.2) is 0 Å². The minimum atomic E-state index is -0.110. The zero-order valence-electron chi connectivity index (χ0n) is 12.7. The van der Waals surface area contributed by atoms with E-state index in [-0.39, 0.29) is 5.91 Å². The molecular weight excluding hydrogens is 310 g/mol. The Morgan fingerprint density at radius 3 is 2.70 bits per heavy atom. The van der Waals surface area contributed by atoms with Gasteiger partial charge >= 0.3 is 0 Å². The van der Waals surface area contributed by atoms with Crippen LogP contribution in [0.4, 0.5) is 5.69 Å². The lowest BCUT2D eigenvalue weighted by Crippen LogP contribution is -2.11. The Morgan fingerprint density at radius 2 is 2.04 bits per heavy atom. The molecule has 0 aliphatic heterocycles. The van der Waals surface area contributed by atoms with Gasteiger partial charge in [0.05, 0.1) is 17.7 Å². The molecular formula is C17H15N3O2S. The van der Waals surface area contributed by atoms with Gasteiger partial charge in [0.25, 0.3) is 5.91 Å². The molecule has 23 heavy (non-hydrogen) atoms. The Bertz CT molecular complexity index is 814. The van der Waals surface area contributed by atoms with Crippen molar-refractivity contribution < 1.29 is 9.53 Å². The first-order chi connectivity index (χ1) is 11.2. The molecule has 0 saturated carbocycles. The quantitative estimate of drug-likeness (QED) is 0.793. The summed E-state index contributed by atoms with van der Waals surface area (Å²) in [6.07, 6.45) is 0. The van der Waals surface area contributed by atoms with Crippen LogP contribution >= 0.6 is 11.3 Å². The lowest BCUT2D eigenvalue weighted by molar-refractivity contribution is 0.103. The van der Waals surface area contributed by atoms with Gasteiger partial charge in [-0.15, -0.1) is 21.5 Å². The zero-order chi connectivity index (χ0) is 16.2. The van der Waals surface area contributed by atoms with E-state index < -0.39 is 0 Å². The van der Waals surface area contributed by atoms with Gasteiger partial charge in [-0.05, 0) is 36.1 Å². The Labute approximate surface area is 138 Å². The van der Waals surface area contributed by atoms with Gasteiger partial charge in [-0.25, -0.2) is 0 Å². The largest absolute Gasteiger partial charge is 0.480 e. The average Bonchev–Trinajstić information content (AvgIpc) is 3.11. The molecule has 1 amide bonds. The van der Waals surface area contributed by atoms with Gasteiger partial charge in [-0.1, -0.05) is 18.2 Å². The highest BCUT2D eigenvalue weighted by Crippen LogP contribution is 2.25. The van der Waals surface area contributed by atoms with Crippen LogP contribution in [0.5, 0.6) is 5.88 Å². The number of hydrogen-bond acceptors (Lipinski definition) is 5. The van der Waals surface area contributed by atoms with Gasteiger partial charge in [-0.2, -0.15) is 0 Å². The number of carbonyl (C=O) groups excluding carboxylic acids is 1. The third kappa shape index (κ3) is 3.37. The first-order valence-electron chi connectivity index (χ1n) is 7.01. The van der Waals surface area contributed by atoms with E-state index in [9.17, 15) is 4.79 Å². The lowest BCUT2D eigenvalue weighted by Gasteiger charge is -2.10. The number of anilines is 1. The Morgan fingerprint density at radius 1 is 1.17 bits per heavy atom. The summed E-state index contributed by atoms with van der Waals surface area (Å²) in [7, 11) is 1.55. The molecule has 0 fully saturated rings. The number of methoxy groups -OCH3 is 1. The summed E-state index contributed by atoms with van der Waals surface area (Å²) in [5.41, 5.74) is 3.35. The number of thiophene rings is 1. The first kappa shape index (κ1) is 15.2. The van der Waals surface area contributed by atoms with Crippen LogP contribution in [0.15, 0.2) is 47.8 Å². The number of benzene rings is 1. The van der Waals surface area contributed by atoms with Crippen molar-refractivity contribution in [2.75, 3.05) is 12.4 Å². The zero-order valence-corrected chi connectivity index (χ0v) is 13.6. The molecule has 0 aliphatic rings. The van der Waals surface area contributed by atoms with Gasteiger partial charge in [-0.3, -0.25) is 4.79 Å². The standard InChI is InChI=1S/C17H15N3O2S/c1-11-5-6-12(13-7-8-16(22-2)20-19-13)10-14(11)18-17(21)15-4-3-9-23-15/h3-10H,1-2H3,(H,18,21). The summed E-state index contributed by atoms with van der Waals surface area (Å²) in [4.78, 5) is 12.9. The van der Waals surface area contributed by atoms with Crippen LogP contribution in [0.2, 0.25) is 0 Å². The summed E-state index contributed by atoms with van der Waals surface area (Å²) in [6.45, 7) is 1.95. The van der Waals surface area contributed by atoms with Crippen molar-refractivity contribution in [2.45, 2.75) is 6.92 Å². The second-order valence-electron chi connectivity index (χ2n) is 4.92. The van der Waals surface area contributed by atoms with E-state index >= 15 is 0 Å². The van der Waals surface area contributed by atoms with E-state index in [0.29, 0.717) is 10.8 Å². The molecule has 3 aromatic rings. The molecule has 1 aromatic carbocycles. The van der Waals surface area contributed by atoms with Crippen molar-refractivity contribution in [3.05, 3.63) is 58.3 Å². The van der Waals surface area contributed by atoms with E-state index in [4.69, 9.17) is 4.74 Å². The monoisotopic (exact) mass is 325 g/mol. The normalized spacial score (nSPS) is 10.3. The average molecular weight is 325 g/mol. The van der Waals surface area contributed by atoms with E-state index in [2.05, 4.69) is 15.5 Å². The molecule has 0 bridgehead atoms. The molecule has 2 heterocycles. The summed E-state index contributed by atoms with van der Waals surface area (Å²) in [5, 5.41) is 12.9. The van der Waals surface area contributed by atoms with Crippen molar-refractivity contribution in [3.8, 4) is 17.1 Å². The smallest absolute Gasteiger partial charge is 0.265 e. The third-order valence-electron chi connectivity index (χ3n) is 3.38. The van der Waals surface area contributed by atoms with Crippen molar-refractivity contribution in [3.63, 3.8) is 0 Å². The van der Waals surface area contributed by atoms with Crippen LogP contribution in [-0.2, 0) is 0 Å². The minimum Gasteiger partial charge on any atom is -0.480 e. The van der Waals surface area contributed by atoms with Crippen LogP contribution in [-0.4, -0.2) is 23.2 Å². The fourth-order valence-electron chi connectivity index (χ4n) is 2.09. The maximum atomic E-state index is 12.2. The predicted molar refractivity (Wildman–Crippen MR) is 91.0 cm³/mol. The van der Waals surface area contributed by atoms with Crippen LogP contribution in [0.25, 0.3) is 11.3 Å². The number of rotatable bonds is 4. The van der Waals surface area contributed by atoms with Crippen LogP contribution in [0.1, 0.15) is 15.2 Å². The SMILES string of the molecule is COc1ccc(-c2ccc(C)c(NC(=O)c3cccs3)c2)nn1. The molecule has 3 rings (SSSR count). The summed E-state index contributed by atoms with van der Waals surface area (Å²) in [6, 6.07) is 13.0. The van der Waals surface area contributed by atoms with E-state index in [0.717, 1.165) is 22.5 Å². The number of ether oxygens (including phenoxy) is 1. The number of aromatic nitrogens is 2. The maximum absolute atomic E-state index is 12.2.